The summed E-state index contributed by atoms with van der Waals surface area (Å²) in [5.74, 6) is -0.555. The van der Waals surface area contributed by atoms with Crippen LogP contribution in [0.25, 0.3) is 0 Å². The summed E-state index contributed by atoms with van der Waals surface area (Å²) in [5, 5.41) is 11.9. The van der Waals surface area contributed by atoms with Gasteiger partial charge in [-0.3, -0.25) is 4.90 Å². The first-order chi connectivity index (χ1) is 14.9. The highest BCUT2D eigenvalue weighted by Gasteiger charge is 2.51. The molecule has 168 valence electrons. The van der Waals surface area contributed by atoms with Crippen molar-refractivity contribution in [1.29, 1.82) is 0 Å². The molecule has 31 heavy (non-hydrogen) atoms. The summed E-state index contributed by atoms with van der Waals surface area (Å²) in [5.41, 5.74) is 0.0605. The van der Waals surface area contributed by atoms with E-state index in [-0.39, 0.29) is 17.8 Å². The average molecular weight is 433 g/mol. The van der Waals surface area contributed by atoms with Crippen molar-refractivity contribution in [2.45, 2.75) is 45.3 Å². The van der Waals surface area contributed by atoms with Crippen LogP contribution in [0.1, 0.15) is 44.2 Å². The van der Waals surface area contributed by atoms with E-state index in [0.29, 0.717) is 49.7 Å². The second-order valence-corrected chi connectivity index (χ2v) is 8.39. The van der Waals surface area contributed by atoms with Crippen LogP contribution in [0, 0.1) is 23.5 Å². The molecule has 0 unspecified atom stereocenters. The van der Waals surface area contributed by atoms with Crippen LogP contribution in [0.4, 0.5) is 8.78 Å². The van der Waals surface area contributed by atoms with Crippen molar-refractivity contribution in [2.24, 2.45) is 11.8 Å². The Kier molecular flexibility index (Phi) is 6.39. The number of aliphatic hydroxyl groups is 1. The summed E-state index contributed by atoms with van der Waals surface area (Å²) in [4.78, 5) is 10.8. The van der Waals surface area contributed by atoms with Crippen LogP contribution >= 0.6 is 0 Å². The number of likely N-dealkylation sites (tertiary alicyclic amines) is 1. The third-order valence-corrected chi connectivity index (χ3v) is 6.34. The number of rotatable bonds is 7. The summed E-state index contributed by atoms with van der Waals surface area (Å²) >= 11 is 0. The van der Waals surface area contributed by atoms with Gasteiger partial charge in [-0.05, 0) is 56.7 Å². The van der Waals surface area contributed by atoms with Gasteiger partial charge in [0.25, 0.3) is 0 Å². The molecule has 0 radical (unpaired) electrons. The van der Waals surface area contributed by atoms with Gasteiger partial charge in [-0.1, -0.05) is 0 Å². The number of nitrogens with zero attached hydrogens (tertiary/aromatic N) is 3. The van der Waals surface area contributed by atoms with Crippen molar-refractivity contribution in [1.82, 2.24) is 14.9 Å². The predicted octanol–water partition coefficient (Wildman–Crippen LogP) is 3.67. The molecule has 0 bridgehead atoms. The highest BCUT2D eigenvalue weighted by molar-refractivity contribution is 5.33. The average Bonchev–Trinajstić information content (AvgIpc) is 3.12. The molecule has 1 aliphatic heterocycles. The fourth-order valence-electron chi connectivity index (χ4n) is 5.13. The van der Waals surface area contributed by atoms with Gasteiger partial charge in [0, 0.05) is 37.8 Å². The number of halogens is 2. The lowest BCUT2D eigenvalue weighted by Gasteiger charge is -2.41. The second-order valence-electron chi connectivity index (χ2n) is 8.39. The molecule has 1 aromatic heterocycles. The first-order valence-electron chi connectivity index (χ1n) is 11.0. The number of aromatic nitrogens is 2. The molecule has 6 nitrogen and oxygen atoms in total. The normalized spacial score (nSPS) is 26.0. The number of hydrogen-bond donors (Lipinski definition) is 1. The topological polar surface area (TPSA) is 67.7 Å². The Morgan fingerprint density at radius 3 is 2.58 bits per heavy atom. The van der Waals surface area contributed by atoms with Gasteiger partial charge in [-0.2, -0.15) is 4.98 Å². The monoisotopic (exact) mass is 433 g/mol. The molecule has 0 spiro atoms. The Bertz CT molecular complexity index is 909. The maximum Gasteiger partial charge on any atom is 0.319 e. The van der Waals surface area contributed by atoms with E-state index in [4.69, 9.17) is 9.47 Å². The van der Waals surface area contributed by atoms with Crippen LogP contribution in [0.5, 0.6) is 11.9 Å². The second kappa shape index (κ2) is 9.04. The zero-order valence-corrected chi connectivity index (χ0v) is 18.0. The minimum absolute atomic E-state index is 0.0413. The lowest BCUT2D eigenvalue weighted by Crippen LogP contribution is -2.43. The molecule has 4 rings (SSSR count). The van der Waals surface area contributed by atoms with Gasteiger partial charge in [0.15, 0.2) is 0 Å². The predicted molar refractivity (Wildman–Crippen MR) is 111 cm³/mol. The van der Waals surface area contributed by atoms with Crippen LogP contribution in [0.15, 0.2) is 24.4 Å². The fourth-order valence-corrected chi connectivity index (χ4v) is 5.13. The molecule has 1 N–H and O–H groups in total. The Hall–Kier alpha value is -2.32. The molecule has 2 heterocycles. The highest BCUT2D eigenvalue weighted by Crippen LogP contribution is 2.50. The van der Waals surface area contributed by atoms with Crippen molar-refractivity contribution >= 4 is 0 Å². The Morgan fingerprint density at radius 2 is 1.87 bits per heavy atom. The third kappa shape index (κ3) is 4.50. The minimum atomic E-state index is -1.12. The van der Waals surface area contributed by atoms with Crippen molar-refractivity contribution in [3.63, 3.8) is 0 Å². The molecule has 1 aliphatic carbocycles. The smallest absolute Gasteiger partial charge is 0.319 e. The van der Waals surface area contributed by atoms with E-state index in [1.165, 1.54) is 12.1 Å². The number of ether oxygens (including phenoxy) is 2. The molecule has 1 saturated heterocycles. The lowest BCUT2D eigenvalue weighted by molar-refractivity contribution is -0.0672. The molecule has 2 aliphatic rings. The van der Waals surface area contributed by atoms with Crippen molar-refractivity contribution in [3.05, 3.63) is 47.2 Å². The van der Waals surface area contributed by atoms with E-state index in [0.717, 1.165) is 25.5 Å². The van der Waals surface area contributed by atoms with E-state index >= 15 is 0 Å². The van der Waals surface area contributed by atoms with Crippen molar-refractivity contribution in [2.75, 3.05) is 26.3 Å². The summed E-state index contributed by atoms with van der Waals surface area (Å²) in [6, 6.07) is 3.84. The van der Waals surface area contributed by atoms with Gasteiger partial charge in [0.05, 0.1) is 18.8 Å². The summed E-state index contributed by atoms with van der Waals surface area (Å²) < 4.78 is 38.4. The highest BCUT2D eigenvalue weighted by atomic mass is 19.1. The first kappa shape index (κ1) is 21.9. The molecule has 1 saturated carbocycles. The Labute approximate surface area is 181 Å². The van der Waals surface area contributed by atoms with Crippen LogP contribution in [0.3, 0.4) is 0 Å². The van der Waals surface area contributed by atoms with E-state index in [9.17, 15) is 13.9 Å². The van der Waals surface area contributed by atoms with Crippen LogP contribution in [-0.4, -0.2) is 46.3 Å². The van der Waals surface area contributed by atoms with Gasteiger partial charge in [-0.25, -0.2) is 13.8 Å². The zero-order valence-electron chi connectivity index (χ0n) is 18.0. The molecule has 0 amide bonds. The fraction of sp³-hybridized carbons (Fsp3) is 0.565. The number of fused-ring (bicyclic) bond motifs is 1. The maximum absolute atomic E-state index is 13.6. The van der Waals surface area contributed by atoms with E-state index < -0.39 is 17.2 Å². The Balaban J connectivity index is 1.59. The molecule has 1 aromatic carbocycles. The zero-order chi connectivity index (χ0) is 22.0. The molecule has 3 atom stereocenters. The molecule has 2 fully saturated rings. The largest absolute Gasteiger partial charge is 0.478 e. The quantitative estimate of drug-likeness (QED) is 0.719. The summed E-state index contributed by atoms with van der Waals surface area (Å²) in [6.45, 7) is 6.41. The van der Waals surface area contributed by atoms with Crippen LogP contribution in [-0.2, 0) is 12.1 Å². The van der Waals surface area contributed by atoms with E-state index in [1.54, 1.807) is 6.20 Å². The van der Waals surface area contributed by atoms with Gasteiger partial charge < -0.3 is 14.6 Å². The number of hydrogen-bond acceptors (Lipinski definition) is 6. The molecular formula is C23H29F2N3O3. The maximum atomic E-state index is 13.6. The molecule has 2 aromatic rings. The third-order valence-electron chi connectivity index (χ3n) is 6.34. The Morgan fingerprint density at radius 1 is 1.13 bits per heavy atom. The number of benzene rings is 1. The summed E-state index contributed by atoms with van der Waals surface area (Å²) in [7, 11) is 0. The van der Waals surface area contributed by atoms with Crippen LogP contribution < -0.4 is 9.47 Å². The molecule has 8 heteroatoms. The van der Waals surface area contributed by atoms with Gasteiger partial charge in [0.1, 0.15) is 17.2 Å². The van der Waals surface area contributed by atoms with E-state index in [1.807, 2.05) is 13.8 Å². The SMILES string of the molecule is CCOc1ncc([C@]2(O)CCC[C@@H]3CN(Cc4cc(F)cc(F)c4)C[C@H]32)c(OCC)n1. The summed E-state index contributed by atoms with van der Waals surface area (Å²) in [6.07, 6.45) is 4.09. The van der Waals surface area contributed by atoms with Crippen molar-refractivity contribution in [3.8, 4) is 11.9 Å². The van der Waals surface area contributed by atoms with Gasteiger partial charge in [-0.15, -0.1) is 0 Å². The van der Waals surface area contributed by atoms with Gasteiger partial charge >= 0.3 is 6.01 Å². The first-order valence-corrected chi connectivity index (χ1v) is 11.0. The standard InChI is InChI=1S/C23H29F2N3O3/c1-3-30-21-19(11-26-22(27-21)31-4-2)23(29)7-5-6-16-13-28(14-20(16)23)12-15-8-17(24)10-18(25)9-15/h8-11,16,20,29H,3-7,12-14H2,1-2H3/t16-,20-,23-/m1/s1. The van der Waals surface area contributed by atoms with Gasteiger partial charge in [0.2, 0.25) is 5.88 Å². The van der Waals surface area contributed by atoms with E-state index in [2.05, 4.69) is 14.9 Å². The minimum Gasteiger partial charge on any atom is -0.478 e. The van der Waals surface area contributed by atoms with Crippen molar-refractivity contribution < 1.29 is 23.4 Å². The molecular weight excluding hydrogens is 404 g/mol. The lowest BCUT2D eigenvalue weighted by atomic mass is 9.68. The van der Waals surface area contributed by atoms with Crippen LogP contribution in [0.2, 0.25) is 0 Å².